The smallest absolute Gasteiger partial charge is 0.183 e. The zero-order valence-electron chi connectivity index (χ0n) is 14.9. The van der Waals surface area contributed by atoms with E-state index in [1.807, 2.05) is 24.3 Å². The fourth-order valence-corrected chi connectivity index (χ4v) is 2.59. The van der Waals surface area contributed by atoms with Crippen molar-refractivity contribution in [2.24, 2.45) is 0 Å². The lowest BCUT2D eigenvalue weighted by Gasteiger charge is -2.16. The van der Waals surface area contributed by atoms with Gasteiger partial charge in [-0.15, -0.1) is 5.10 Å². The van der Waals surface area contributed by atoms with Crippen LogP contribution in [-0.2, 0) is 0 Å². The minimum absolute atomic E-state index is 0.0855. The topological polar surface area (TPSA) is 93.2 Å². The van der Waals surface area contributed by atoms with Gasteiger partial charge in [0, 0.05) is 5.56 Å². The molecule has 0 saturated heterocycles. The van der Waals surface area contributed by atoms with E-state index in [0.717, 1.165) is 24.0 Å². The molecule has 26 heavy (non-hydrogen) atoms. The van der Waals surface area contributed by atoms with Crippen LogP contribution in [0.5, 0.6) is 17.2 Å². The molecule has 2 N–H and O–H groups in total. The van der Waals surface area contributed by atoms with Gasteiger partial charge in [-0.25, -0.2) is 5.10 Å². The zero-order valence-corrected chi connectivity index (χ0v) is 14.9. The van der Waals surface area contributed by atoms with Crippen LogP contribution < -0.4 is 9.47 Å². The van der Waals surface area contributed by atoms with Crippen molar-refractivity contribution in [2.45, 2.75) is 26.7 Å². The maximum atomic E-state index is 10.4. The van der Waals surface area contributed by atoms with E-state index in [4.69, 9.17) is 9.47 Å². The molecule has 0 unspecified atom stereocenters. The van der Waals surface area contributed by atoms with Gasteiger partial charge in [-0.05, 0) is 47.0 Å². The second-order valence-electron chi connectivity index (χ2n) is 5.81. The molecule has 7 nitrogen and oxygen atoms in total. The summed E-state index contributed by atoms with van der Waals surface area (Å²) >= 11 is 0. The minimum Gasteiger partial charge on any atom is -0.507 e. The number of H-pyrrole nitrogens is 1. The summed E-state index contributed by atoms with van der Waals surface area (Å²) in [7, 11) is 0. The molecule has 0 aliphatic heterocycles. The Bertz CT molecular complexity index is 850. The Morgan fingerprint density at radius 3 is 2.50 bits per heavy atom. The van der Waals surface area contributed by atoms with Crippen LogP contribution in [0.2, 0.25) is 0 Å². The molecule has 0 spiro atoms. The third kappa shape index (κ3) is 3.77. The number of phenols is 1. The van der Waals surface area contributed by atoms with Crippen LogP contribution in [0.15, 0.2) is 36.4 Å². The molecular weight excluding hydrogens is 332 g/mol. The fourth-order valence-electron chi connectivity index (χ4n) is 2.59. The fraction of sp³-hybridized carbons (Fsp3) is 0.316. The van der Waals surface area contributed by atoms with Gasteiger partial charge in [-0.1, -0.05) is 32.0 Å². The number of phenolic OH excluding ortho intramolecular Hbond substituents is 1. The number of nitrogens with one attached hydrogen (secondary N) is 1. The van der Waals surface area contributed by atoms with Gasteiger partial charge in [0.25, 0.3) is 0 Å². The third-order valence-corrected chi connectivity index (χ3v) is 3.80. The number of nitrogens with zero attached hydrogens (tertiary/aromatic N) is 3. The molecule has 7 heteroatoms. The van der Waals surface area contributed by atoms with Crippen molar-refractivity contribution in [3.05, 3.63) is 36.4 Å². The van der Waals surface area contributed by atoms with Crippen molar-refractivity contribution < 1.29 is 14.6 Å². The first-order chi connectivity index (χ1) is 12.7. The molecule has 0 amide bonds. The molecule has 0 aliphatic rings. The molecule has 0 aliphatic carbocycles. The number of ether oxygens (including phenoxy) is 2. The van der Waals surface area contributed by atoms with Crippen LogP contribution in [-0.4, -0.2) is 38.9 Å². The maximum Gasteiger partial charge on any atom is 0.183 e. The van der Waals surface area contributed by atoms with Gasteiger partial charge >= 0.3 is 0 Å². The molecule has 1 aromatic heterocycles. The molecule has 0 radical (unpaired) electrons. The Labute approximate surface area is 152 Å². The molecule has 2 aromatic carbocycles. The first-order valence-electron chi connectivity index (χ1n) is 8.70. The van der Waals surface area contributed by atoms with E-state index in [-0.39, 0.29) is 5.75 Å². The van der Waals surface area contributed by atoms with Crippen LogP contribution in [0.1, 0.15) is 26.7 Å². The summed E-state index contributed by atoms with van der Waals surface area (Å²) in [4.78, 5) is 0. The average Bonchev–Trinajstić information content (AvgIpc) is 3.19. The summed E-state index contributed by atoms with van der Waals surface area (Å²) in [6, 6.07) is 11.1. The van der Waals surface area contributed by atoms with Crippen molar-refractivity contribution in [1.82, 2.24) is 20.6 Å². The Balaban J connectivity index is 2.01. The number of rotatable bonds is 8. The Hall–Kier alpha value is -3.09. The van der Waals surface area contributed by atoms with Gasteiger partial charge in [-0.3, -0.25) is 0 Å². The normalized spacial score (nSPS) is 10.7. The highest BCUT2D eigenvalue weighted by atomic mass is 16.5. The number of hydrogen-bond donors (Lipinski definition) is 2. The highest BCUT2D eigenvalue weighted by molar-refractivity contribution is 5.78. The zero-order chi connectivity index (χ0) is 18.4. The number of aromatic amines is 1. The van der Waals surface area contributed by atoms with Gasteiger partial charge < -0.3 is 14.6 Å². The van der Waals surface area contributed by atoms with E-state index < -0.39 is 0 Å². The number of aromatic nitrogens is 4. The van der Waals surface area contributed by atoms with Crippen LogP contribution in [0.25, 0.3) is 22.5 Å². The van der Waals surface area contributed by atoms with Gasteiger partial charge in [0.1, 0.15) is 5.75 Å². The quantitative estimate of drug-likeness (QED) is 0.639. The number of hydrogen-bond acceptors (Lipinski definition) is 6. The molecule has 0 atom stereocenters. The van der Waals surface area contributed by atoms with Crippen molar-refractivity contribution in [2.75, 3.05) is 13.2 Å². The molecule has 1 heterocycles. The lowest BCUT2D eigenvalue weighted by molar-refractivity contribution is 0.269. The maximum absolute atomic E-state index is 10.4. The predicted molar refractivity (Wildman–Crippen MR) is 98.3 cm³/mol. The molecular formula is C19H22N4O3. The molecule has 0 saturated carbocycles. The minimum atomic E-state index is 0.0855. The average molecular weight is 354 g/mol. The van der Waals surface area contributed by atoms with E-state index in [1.165, 1.54) is 0 Å². The Kier molecular flexibility index (Phi) is 5.68. The summed E-state index contributed by atoms with van der Waals surface area (Å²) in [6.45, 7) is 5.33. The largest absolute Gasteiger partial charge is 0.507 e. The van der Waals surface area contributed by atoms with E-state index in [2.05, 4.69) is 34.5 Å². The van der Waals surface area contributed by atoms with E-state index in [9.17, 15) is 5.11 Å². The molecule has 136 valence electrons. The first-order valence-corrected chi connectivity index (χ1v) is 8.70. The van der Waals surface area contributed by atoms with Crippen molar-refractivity contribution in [1.29, 1.82) is 0 Å². The van der Waals surface area contributed by atoms with E-state index >= 15 is 0 Å². The van der Waals surface area contributed by atoms with Gasteiger partial charge in [0.2, 0.25) is 0 Å². The highest BCUT2D eigenvalue weighted by Crippen LogP contribution is 2.40. The summed E-state index contributed by atoms with van der Waals surface area (Å²) in [6.07, 6.45) is 1.81. The van der Waals surface area contributed by atoms with E-state index in [0.29, 0.717) is 36.1 Å². The summed E-state index contributed by atoms with van der Waals surface area (Å²) in [5.74, 6) is 1.90. The van der Waals surface area contributed by atoms with Crippen molar-refractivity contribution in [3.63, 3.8) is 0 Å². The number of tetrazole rings is 1. The lowest BCUT2D eigenvalue weighted by atomic mass is 10.0. The highest BCUT2D eigenvalue weighted by Gasteiger charge is 2.15. The van der Waals surface area contributed by atoms with Crippen LogP contribution in [0.4, 0.5) is 0 Å². The van der Waals surface area contributed by atoms with Crippen LogP contribution in [0, 0.1) is 0 Å². The van der Waals surface area contributed by atoms with Gasteiger partial charge in [-0.2, -0.15) is 0 Å². The van der Waals surface area contributed by atoms with Gasteiger partial charge in [0.15, 0.2) is 17.3 Å². The molecule has 0 fully saturated rings. The number of aromatic hydroxyl groups is 1. The number of para-hydroxylation sites is 1. The predicted octanol–water partition coefficient (Wildman–Crippen LogP) is 3.82. The third-order valence-electron chi connectivity index (χ3n) is 3.80. The second kappa shape index (κ2) is 8.33. The Morgan fingerprint density at radius 2 is 1.81 bits per heavy atom. The molecule has 3 rings (SSSR count). The first kappa shape index (κ1) is 17.7. The monoisotopic (exact) mass is 354 g/mol. The van der Waals surface area contributed by atoms with Crippen LogP contribution >= 0.6 is 0 Å². The lowest BCUT2D eigenvalue weighted by Crippen LogP contribution is -2.02. The number of benzene rings is 2. The summed E-state index contributed by atoms with van der Waals surface area (Å²) in [5.41, 5.74) is 2.23. The summed E-state index contributed by atoms with van der Waals surface area (Å²) in [5, 5.41) is 24.0. The standard InChI is InChI=1S/C19H22N4O3/c1-3-10-25-17-7-5-6-14(18(17)26-11-4-2)13-8-9-15(16(24)12-13)19-20-22-23-21-19/h5-9,12,24H,3-4,10-11H2,1-2H3,(H,20,21,22,23). The van der Waals surface area contributed by atoms with Crippen molar-refractivity contribution >= 4 is 0 Å². The summed E-state index contributed by atoms with van der Waals surface area (Å²) < 4.78 is 11.8. The second-order valence-corrected chi connectivity index (χ2v) is 5.81. The van der Waals surface area contributed by atoms with E-state index in [1.54, 1.807) is 12.1 Å². The molecule has 0 bridgehead atoms. The Morgan fingerprint density at radius 1 is 1.00 bits per heavy atom. The van der Waals surface area contributed by atoms with Crippen LogP contribution in [0.3, 0.4) is 0 Å². The van der Waals surface area contributed by atoms with Crippen molar-refractivity contribution in [3.8, 4) is 39.8 Å². The SMILES string of the molecule is CCCOc1cccc(-c2ccc(-c3nnn[nH]3)c(O)c2)c1OCCC. The van der Waals surface area contributed by atoms with Gasteiger partial charge in [0.05, 0.1) is 18.8 Å². The molecule has 3 aromatic rings.